The molecule has 0 radical (unpaired) electrons. The van der Waals surface area contributed by atoms with Gasteiger partial charge in [0.1, 0.15) is 0 Å². The first-order valence-corrected chi connectivity index (χ1v) is 6.03. The zero-order valence-corrected chi connectivity index (χ0v) is 11.1. The molecule has 94 valence electrons. The van der Waals surface area contributed by atoms with Crippen molar-refractivity contribution in [1.29, 1.82) is 0 Å². The predicted molar refractivity (Wildman–Crippen MR) is 71.9 cm³/mol. The maximum atomic E-state index is 12.0. The van der Waals surface area contributed by atoms with Crippen molar-refractivity contribution >= 4 is 11.6 Å². The monoisotopic (exact) mass is 234 g/mol. The Morgan fingerprint density at radius 3 is 2.18 bits per heavy atom. The van der Waals surface area contributed by atoms with E-state index in [0.717, 1.165) is 16.8 Å². The van der Waals surface area contributed by atoms with Crippen LogP contribution in [0.3, 0.4) is 0 Å². The van der Waals surface area contributed by atoms with Crippen LogP contribution in [0.15, 0.2) is 18.2 Å². The third kappa shape index (κ3) is 3.86. The van der Waals surface area contributed by atoms with Gasteiger partial charge in [0, 0.05) is 12.2 Å². The van der Waals surface area contributed by atoms with E-state index >= 15 is 0 Å². The smallest absolute Gasteiger partial charge is 0.229 e. The first kappa shape index (κ1) is 13.7. The Morgan fingerprint density at radius 2 is 1.76 bits per heavy atom. The molecule has 1 aromatic rings. The maximum absolute atomic E-state index is 12.0. The van der Waals surface area contributed by atoms with Gasteiger partial charge in [0.2, 0.25) is 5.91 Å². The number of nitrogens with two attached hydrogens (primary N) is 1. The van der Waals surface area contributed by atoms with E-state index in [1.54, 1.807) is 0 Å². The molecule has 1 atom stereocenters. The molecule has 17 heavy (non-hydrogen) atoms. The molecule has 1 rings (SSSR count). The van der Waals surface area contributed by atoms with E-state index in [4.69, 9.17) is 5.73 Å². The van der Waals surface area contributed by atoms with Crippen molar-refractivity contribution in [2.45, 2.75) is 27.7 Å². The average molecular weight is 234 g/mol. The van der Waals surface area contributed by atoms with Crippen LogP contribution < -0.4 is 11.1 Å². The Balaban J connectivity index is 2.80. The molecule has 0 aliphatic rings. The van der Waals surface area contributed by atoms with Gasteiger partial charge < -0.3 is 11.1 Å². The number of aryl methyl sites for hydroxylation is 2. The Kier molecular flexibility index (Phi) is 4.70. The molecule has 0 fully saturated rings. The molecule has 0 aromatic heterocycles. The van der Waals surface area contributed by atoms with Crippen molar-refractivity contribution in [3.05, 3.63) is 29.3 Å². The zero-order valence-electron chi connectivity index (χ0n) is 11.1. The summed E-state index contributed by atoms with van der Waals surface area (Å²) in [6.45, 7) is 8.45. The molecule has 0 aliphatic heterocycles. The molecular weight excluding hydrogens is 212 g/mol. The first-order chi connectivity index (χ1) is 7.93. The Hall–Kier alpha value is -1.35. The van der Waals surface area contributed by atoms with Crippen LogP contribution in [0.2, 0.25) is 0 Å². The Bertz CT molecular complexity index is 379. The summed E-state index contributed by atoms with van der Waals surface area (Å²) in [6.07, 6.45) is 0. The lowest BCUT2D eigenvalue weighted by atomic mass is 9.95. The third-order valence-electron chi connectivity index (χ3n) is 2.88. The molecule has 1 unspecified atom stereocenters. The summed E-state index contributed by atoms with van der Waals surface area (Å²) in [6, 6.07) is 6.02. The SMILES string of the molecule is Cc1cc(C)cc(NC(=O)C(CN)C(C)C)c1. The van der Waals surface area contributed by atoms with Gasteiger partial charge in [-0.3, -0.25) is 4.79 Å². The molecule has 0 aliphatic carbocycles. The Labute approximate surface area is 103 Å². The van der Waals surface area contributed by atoms with Gasteiger partial charge in [0.15, 0.2) is 0 Å². The van der Waals surface area contributed by atoms with Gasteiger partial charge >= 0.3 is 0 Å². The van der Waals surface area contributed by atoms with E-state index in [9.17, 15) is 4.79 Å². The Morgan fingerprint density at radius 1 is 1.24 bits per heavy atom. The van der Waals surface area contributed by atoms with Gasteiger partial charge in [-0.15, -0.1) is 0 Å². The summed E-state index contributed by atoms with van der Waals surface area (Å²) in [5.41, 5.74) is 8.78. The van der Waals surface area contributed by atoms with Gasteiger partial charge in [-0.25, -0.2) is 0 Å². The lowest BCUT2D eigenvalue weighted by molar-refractivity contribution is -0.120. The number of benzene rings is 1. The van der Waals surface area contributed by atoms with E-state index in [-0.39, 0.29) is 17.7 Å². The molecule has 0 saturated heterocycles. The molecule has 0 spiro atoms. The van der Waals surface area contributed by atoms with Crippen LogP contribution >= 0.6 is 0 Å². The highest BCUT2D eigenvalue weighted by atomic mass is 16.1. The summed E-state index contributed by atoms with van der Waals surface area (Å²) in [7, 11) is 0. The summed E-state index contributed by atoms with van der Waals surface area (Å²) in [4.78, 5) is 12.0. The number of carbonyl (C=O) groups excluding carboxylic acids is 1. The van der Waals surface area contributed by atoms with Crippen molar-refractivity contribution in [1.82, 2.24) is 0 Å². The summed E-state index contributed by atoms with van der Waals surface area (Å²) in [5, 5.41) is 2.94. The molecule has 0 bridgehead atoms. The van der Waals surface area contributed by atoms with Crippen LogP contribution in [0.4, 0.5) is 5.69 Å². The number of amides is 1. The van der Waals surface area contributed by atoms with Gasteiger partial charge in [-0.1, -0.05) is 19.9 Å². The van der Waals surface area contributed by atoms with E-state index < -0.39 is 0 Å². The van der Waals surface area contributed by atoms with Crippen LogP contribution in [0, 0.1) is 25.7 Å². The van der Waals surface area contributed by atoms with E-state index in [1.165, 1.54) is 0 Å². The molecule has 3 nitrogen and oxygen atoms in total. The second-order valence-electron chi connectivity index (χ2n) is 4.95. The maximum Gasteiger partial charge on any atom is 0.229 e. The lowest BCUT2D eigenvalue weighted by Crippen LogP contribution is -2.33. The van der Waals surface area contributed by atoms with Crippen LogP contribution in [-0.2, 0) is 4.79 Å². The minimum atomic E-state index is -0.129. The quantitative estimate of drug-likeness (QED) is 0.841. The van der Waals surface area contributed by atoms with Crippen LogP contribution in [0.1, 0.15) is 25.0 Å². The van der Waals surface area contributed by atoms with Crippen molar-refractivity contribution in [3.63, 3.8) is 0 Å². The second kappa shape index (κ2) is 5.82. The van der Waals surface area contributed by atoms with Crippen LogP contribution in [0.25, 0.3) is 0 Å². The summed E-state index contributed by atoms with van der Waals surface area (Å²) < 4.78 is 0. The molecule has 3 heteroatoms. The van der Waals surface area contributed by atoms with Gasteiger partial charge in [0.25, 0.3) is 0 Å². The fourth-order valence-electron chi connectivity index (χ4n) is 1.96. The minimum absolute atomic E-state index is 0.00694. The molecule has 3 N–H and O–H groups in total. The largest absolute Gasteiger partial charge is 0.330 e. The number of anilines is 1. The lowest BCUT2D eigenvalue weighted by Gasteiger charge is -2.18. The number of hydrogen-bond donors (Lipinski definition) is 2. The molecule has 1 aromatic carbocycles. The summed E-state index contributed by atoms with van der Waals surface area (Å²) in [5.74, 6) is 0.134. The number of hydrogen-bond acceptors (Lipinski definition) is 2. The standard InChI is InChI=1S/C14H22N2O/c1-9(2)13(8-15)14(17)16-12-6-10(3)5-11(4)7-12/h5-7,9,13H,8,15H2,1-4H3,(H,16,17). The first-order valence-electron chi connectivity index (χ1n) is 6.03. The van der Waals surface area contributed by atoms with Crippen molar-refractivity contribution in [2.75, 3.05) is 11.9 Å². The second-order valence-corrected chi connectivity index (χ2v) is 4.95. The van der Waals surface area contributed by atoms with E-state index in [2.05, 4.69) is 11.4 Å². The molecule has 0 saturated carbocycles. The average Bonchev–Trinajstić information content (AvgIpc) is 2.15. The highest BCUT2D eigenvalue weighted by molar-refractivity contribution is 5.93. The van der Waals surface area contributed by atoms with Crippen molar-refractivity contribution in [3.8, 4) is 0 Å². The normalized spacial score (nSPS) is 12.6. The van der Waals surface area contributed by atoms with Crippen molar-refractivity contribution < 1.29 is 4.79 Å². The topological polar surface area (TPSA) is 55.1 Å². The highest BCUT2D eigenvalue weighted by Gasteiger charge is 2.20. The van der Waals surface area contributed by atoms with E-state index in [1.807, 2.05) is 39.8 Å². The summed E-state index contributed by atoms with van der Waals surface area (Å²) >= 11 is 0. The van der Waals surface area contributed by atoms with Crippen LogP contribution in [0.5, 0.6) is 0 Å². The number of nitrogens with one attached hydrogen (secondary N) is 1. The third-order valence-corrected chi connectivity index (χ3v) is 2.88. The molecular formula is C14H22N2O. The van der Waals surface area contributed by atoms with E-state index in [0.29, 0.717) is 6.54 Å². The number of carbonyl (C=O) groups is 1. The van der Waals surface area contributed by atoms with Gasteiger partial charge in [-0.2, -0.15) is 0 Å². The number of rotatable bonds is 4. The van der Waals surface area contributed by atoms with Gasteiger partial charge in [-0.05, 0) is 43.0 Å². The molecule has 0 heterocycles. The van der Waals surface area contributed by atoms with Gasteiger partial charge in [0.05, 0.1) is 5.92 Å². The predicted octanol–water partition coefficient (Wildman–Crippen LogP) is 2.47. The minimum Gasteiger partial charge on any atom is -0.330 e. The van der Waals surface area contributed by atoms with Crippen LogP contribution in [-0.4, -0.2) is 12.5 Å². The zero-order chi connectivity index (χ0) is 13.0. The fourth-order valence-corrected chi connectivity index (χ4v) is 1.96. The fraction of sp³-hybridized carbons (Fsp3) is 0.500. The highest BCUT2D eigenvalue weighted by Crippen LogP contribution is 2.17. The van der Waals surface area contributed by atoms with Crippen molar-refractivity contribution in [2.24, 2.45) is 17.6 Å². The molecule has 1 amide bonds.